The van der Waals surface area contributed by atoms with Crippen molar-refractivity contribution in [1.82, 2.24) is 9.80 Å². The zero-order valence-corrected chi connectivity index (χ0v) is 17.9. The molecule has 0 N–H and O–H groups in total. The average molecular weight is 438 g/mol. The molecule has 0 spiro atoms. The minimum absolute atomic E-state index is 0.0231. The molecule has 1 saturated heterocycles. The predicted molar refractivity (Wildman–Crippen MR) is 120 cm³/mol. The summed E-state index contributed by atoms with van der Waals surface area (Å²) in [7, 11) is -3.97. The summed E-state index contributed by atoms with van der Waals surface area (Å²) < 4.78 is 43.3. The summed E-state index contributed by atoms with van der Waals surface area (Å²) in [4.78, 5) is 4.34. The quantitative estimate of drug-likeness (QED) is 0.450. The lowest BCUT2D eigenvalue weighted by Gasteiger charge is -2.36. The monoisotopic (exact) mass is 437 g/mol. The molecule has 4 rings (SSSR count). The van der Waals surface area contributed by atoms with Crippen LogP contribution in [0.5, 0.6) is 0 Å². The van der Waals surface area contributed by atoms with Crippen molar-refractivity contribution in [1.29, 1.82) is 0 Å². The van der Waals surface area contributed by atoms with Crippen LogP contribution in [0, 0.1) is 5.82 Å². The maximum atomic E-state index is 13.2. The Hall–Kier alpha value is -3.03. The summed E-state index contributed by atoms with van der Waals surface area (Å²) in [5.41, 5.74) is 2.00. The van der Waals surface area contributed by atoms with E-state index in [2.05, 4.69) is 21.4 Å². The van der Waals surface area contributed by atoms with Gasteiger partial charge < -0.3 is 4.90 Å². The second-order valence-corrected chi connectivity index (χ2v) is 9.06. The minimum Gasteiger partial charge on any atom is -0.353 e. The van der Waals surface area contributed by atoms with E-state index in [-0.39, 0.29) is 4.90 Å². The Morgan fingerprint density at radius 1 is 0.806 bits per heavy atom. The first-order valence-corrected chi connectivity index (χ1v) is 11.6. The van der Waals surface area contributed by atoms with E-state index in [1.807, 2.05) is 53.4 Å². The van der Waals surface area contributed by atoms with Gasteiger partial charge in [0.15, 0.2) is 0 Å². The van der Waals surface area contributed by atoms with Crippen LogP contribution in [0.15, 0.2) is 94.2 Å². The number of sulfonamides is 1. The molecule has 0 radical (unpaired) electrons. The van der Waals surface area contributed by atoms with Crippen LogP contribution in [0.3, 0.4) is 0 Å². The van der Waals surface area contributed by atoms with Gasteiger partial charge in [-0.25, -0.2) is 4.39 Å². The van der Waals surface area contributed by atoms with E-state index in [0.717, 1.165) is 37.3 Å². The lowest BCUT2D eigenvalue weighted by atomic mass is 10.1. The van der Waals surface area contributed by atoms with Gasteiger partial charge >= 0.3 is 0 Å². The third-order valence-corrected chi connectivity index (χ3v) is 6.55. The molecule has 0 aromatic heterocycles. The number of benzene rings is 3. The zero-order valence-electron chi connectivity index (χ0n) is 17.1. The van der Waals surface area contributed by atoms with Gasteiger partial charge in [-0.15, -0.1) is 4.40 Å². The van der Waals surface area contributed by atoms with Crippen molar-refractivity contribution < 1.29 is 12.8 Å². The highest BCUT2D eigenvalue weighted by atomic mass is 32.2. The molecule has 0 atom stereocenters. The van der Waals surface area contributed by atoms with Crippen molar-refractivity contribution >= 4 is 15.9 Å². The number of rotatable bonds is 5. The molecule has 7 heteroatoms. The molecule has 1 heterocycles. The Bertz CT molecular complexity index is 1130. The number of hydrogen-bond acceptors (Lipinski definition) is 3. The number of amidine groups is 1. The van der Waals surface area contributed by atoms with Crippen LogP contribution in [-0.4, -0.2) is 50.2 Å². The van der Waals surface area contributed by atoms with Crippen LogP contribution < -0.4 is 0 Å². The molecule has 1 aliphatic rings. The lowest BCUT2D eigenvalue weighted by Crippen LogP contribution is -2.48. The van der Waals surface area contributed by atoms with E-state index in [4.69, 9.17) is 0 Å². The van der Waals surface area contributed by atoms with E-state index in [1.54, 1.807) is 0 Å². The highest BCUT2D eigenvalue weighted by Gasteiger charge is 2.24. The third kappa shape index (κ3) is 5.37. The van der Waals surface area contributed by atoms with Crippen molar-refractivity contribution in [3.63, 3.8) is 0 Å². The summed E-state index contributed by atoms with van der Waals surface area (Å²) in [6.45, 7) is 3.80. The lowest BCUT2D eigenvalue weighted by molar-refractivity contribution is 0.176. The second-order valence-electron chi connectivity index (χ2n) is 7.46. The van der Waals surface area contributed by atoms with E-state index >= 15 is 0 Å². The van der Waals surface area contributed by atoms with Gasteiger partial charge in [-0.2, -0.15) is 8.42 Å². The molecule has 0 unspecified atom stereocenters. The van der Waals surface area contributed by atoms with Crippen LogP contribution in [0.25, 0.3) is 0 Å². The molecule has 0 saturated carbocycles. The predicted octanol–water partition coefficient (Wildman–Crippen LogP) is 3.78. The SMILES string of the molecule is O=S(=O)(N=C(c1ccccc1)N1CCN(Cc2ccccc2)CC1)c1ccc(F)cc1. The van der Waals surface area contributed by atoms with E-state index < -0.39 is 15.8 Å². The fraction of sp³-hybridized carbons (Fsp3) is 0.208. The first-order chi connectivity index (χ1) is 15.0. The van der Waals surface area contributed by atoms with Crippen molar-refractivity contribution in [2.24, 2.45) is 4.40 Å². The van der Waals surface area contributed by atoms with Crippen molar-refractivity contribution in [2.75, 3.05) is 26.2 Å². The fourth-order valence-electron chi connectivity index (χ4n) is 3.61. The summed E-state index contributed by atoms with van der Waals surface area (Å²) in [5, 5.41) is 0. The standard InChI is InChI=1S/C24H24FN3O2S/c25-22-11-13-23(14-12-22)31(29,30)26-24(21-9-5-2-6-10-21)28-17-15-27(16-18-28)19-20-7-3-1-4-8-20/h1-14H,15-19H2. The third-order valence-electron chi connectivity index (χ3n) is 5.27. The highest BCUT2D eigenvalue weighted by Crippen LogP contribution is 2.18. The maximum Gasteiger partial charge on any atom is 0.284 e. The van der Waals surface area contributed by atoms with Crippen LogP contribution in [0.1, 0.15) is 11.1 Å². The van der Waals surface area contributed by atoms with Crippen molar-refractivity contribution in [3.05, 3.63) is 102 Å². The van der Waals surface area contributed by atoms with Crippen LogP contribution in [0.2, 0.25) is 0 Å². The van der Waals surface area contributed by atoms with Gasteiger partial charge in [0.1, 0.15) is 11.7 Å². The van der Waals surface area contributed by atoms with Gasteiger partial charge in [0, 0.05) is 38.3 Å². The second kappa shape index (κ2) is 9.41. The molecule has 0 bridgehead atoms. The topological polar surface area (TPSA) is 53.0 Å². The zero-order chi connectivity index (χ0) is 21.7. The smallest absolute Gasteiger partial charge is 0.284 e. The molecule has 5 nitrogen and oxygen atoms in total. The number of nitrogens with zero attached hydrogens (tertiary/aromatic N) is 3. The summed E-state index contributed by atoms with van der Waals surface area (Å²) in [5.74, 6) is -0.0648. The molecule has 3 aromatic rings. The molecule has 160 valence electrons. The normalized spacial score (nSPS) is 15.8. The fourth-order valence-corrected chi connectivity index (χ4v) is 4.65. The Morgan fingerprint density at radius 2 is 1.39 bits per heavy atom. The first kappa shape index (κ1) is 21.2. The molecule has 1 aliphatic heterocycles. The summed E-state index contributed by atoms with van der Waals surface area (Å²) in [6, 6.07) is 24.4. The van der Waals surface area contributed by atoms with Gasteiger partial charge in [0.05, 0.1) is 4.90 Å². The maximum absolute atomic E-state index is 13.2. The van der Waals surface area contributed by atoms with E-state index in [0.29, 0.717) is 18.9 Å². The Morgan fingerprint density at radius 3 is 2.00 bits per heavy atom. The van der Waals surface area contributed by atoms with Crippen molar-refractivity contribution in [2.45, 2.75) is 11.4 Å². The Balaban J connectivity index is 1.57. The number of halogens is 1. The van der Waals surface area contributed by atoms with Gasteiger partial charge in [-0.1, -0.05) is 60.7 Å². The minimum atomic E-state index is -3.97. The molecular weight excluding hydrogens is 413 g/mol. The van der Waals surface area contributed by atoms with Gasteiger partial charge in [0.2, 0.25) is 0 Å². The molecule has 31 heavy (non-hydrogen) atoms. The van der Waals surface area contributed by atoms with Gasteiger partial charge in [-0.3, -0.25) is 4.90 Å². The molecular formula is C24H24FN3O2S. The largest absolute Gasteiger partial charge is 0.353 e. The van der Waals surface area contributed by atoms with Crippen LogP contribution >= 0.6 is 0 Å². The van der Waals surface area contributed by atoms with E-state index in [9.17, 15) is 12.8 Å². The average Bonchev–Trinajstić information content (AvgIpc) is 2.80. The Labute approximate surface area is 182 Å². The van der Waals surface area contributed by atoms with Gasteiger partial charge in [0.25, 0.3) is 10.0 Å². The molecule has 3 aromatic carbocycles. The summed E-state index contributed by atoms with van der Waals surface area (Å²) >= 11 is 0. The van der Waals surface area contributed by atoms with Gasteiger partial charge in [-0.05, 0) is 29.8 Å². The van der Waals surface area contributed by atoms with E-state index in [1.165, 1.54) is 17.7 Å². The summed E-state index contributed by atoms with van der Waals surface area (Å²) in [6.07, 6.45) is 0. The number of piperazine rings is 1. The van der Waals surface area contributed by atoms with Crippen molar-refractivity contribution in [3.8, 4) is 0 Å². The molecule has 0 aliphatic carbocycles. The number of hydrogen-bond donors (Lipinski definition) is 0. The van der Waals surface area contributed by atoms with Crippen LogP contribution in [0.4, 0.5) is 4.39 Å². The molecule has 1 fully saturated rings. The van der Waals surface area contributed by atoms with Crippen LogP contribution in [-0.2, 0) is 16.6 Å². The highest BCUT2D eigenvalue weighted by molar-refractivity contribution is 7.90. The Kier molecular flexibility index (Phi) is 6.44. The molecule has 0 amide bonds. The first-order valence-electron chi connectivity index (χ1n) is 10.2.